The Hall–Kier alpha value is -0.740. The first-order chi connectivity index (χ1) is 9.07. The second-order valence-corrected chi connectivity index (χ2v) is 6.88. The van der Waals surface area contributed by atoms with Gasteiger partial charge >= 0.3 is 23.9 Å². The van der Waals surface area contributed by atoms with Gasteiger partial charge < -0.3 is 0 Å². The number of hydrogen-bond donors (Lipinski definition) is 0. The van der Waals surface area contributed by atoms with E-state index in [1.54, 1.807) is 0 Å². The smallest absolute Gasteiger partial charge is 0.205 e. The highest BCUT2D eigenvalue weighted by atomic mass is 32.2. The molecule has 1 unspecified atom stereocenters. The number of rotatable bonds is 5. The van der Waals surface area contributed by atoms with Gasteiger partial charge in [-0.15, -0.1) is 4.52 Å². The first-order valence-corrected chi connectivity index (χ1v) is 7.89. The van der Waals surface area contributed by atoms with Crippen LogP contribution in [0.4, 0.5) is 17.6 Å². The van der Waals surface area contributed by atoms with Crippen LogP contribution in [0.25, 0.3) is 0 Å². The fourth-order valence-corrected chi connectivity index (χ4v) is 3.91. The second kappa shape index (κ2) is 6.35. The molecule has 20 heavy (non-hydrogen) atoms. The predicted molar refractivity (Wildman–Crippen MR) is 61.2 cm³/mol. The lowest BCUT2D eigenvalue weighted by Gasteiger charge is -2.09. The van der Waals surface area contributed by atoms with E-state index in [0.29, 0.717) is 6.07 Å². The first-order valence-electron chi connectivity index (χ1n) is 4.57. The van der Waals surface area contributed by atoms with Crippen LogP contribution in [0.5, 0.6) is 0 Å². The van der Waals surface area contributed by atoms with E-state index in [1.165, 1.54) is 0 Å². The van der Waals surface area contributed by atoms with E-state index in [4.69, 9.17) is 0 Å². The van der Waals surface area contributed by atoms with Crippen LogP contribution in [0.1, 0.15) is 0 Å². The Morgan fingerprint density at radius 3 is 2.40 bits per heavy atom. The average molecular weight is 353 g/mol. The van der Waals surface area contributed by atoms with Gasteiger partial charge in [-0.05, 0) is 23.9 Å². The Balaban J connectivity index is 3.32. The van der Waals surface area contributed by atoms with Crippen LogP contribution in [-0.2, 0) is 23.2 Å². The summed E-state index contributed by atoms with van der Waals surface area (Å²) < 4.78 is 92.5. The molecule has 0 heterocycles. The van der Waals surface area contributed by atoms with Crippen LogP contribution >= 0.6 is 20.0 Å². The molecule has 0 aromatic heterocycles. The van der Waals surface area contributed by atoms with Crippen molar-refractivity contribution in [3.63, 3.8) is 0 Å². The highest BCUT2D eigenvalue weighted by molar-refractivity contribution is 8.01. The number of thioether (sulfide) groups is 1. The molecule has 5 nitrogen and oxygen atoms in total. The molecule has 1 aromatic carbocycles. The standard InChI is InChI=1S/C8H6F4O5PS2/c1-16-18(13)17-20(14,15)7-5(9)3-2-4-6(7)19-8(10,11)12/h2-4H,1H3/q+1. The van der Waals surface area contributed by atoms with Crippen LogP contribution in [0.3, 0.4) is 0 Å². The molecule has 0 saturated carbocycles. The summed E-state index contributed by atoms with van der Waals surface area (Å²) in [4.78, 5) is -2.28. The van der Waals surface area contributed by atoms with E-state index in [-0.39, 0.29) is 0 Å². The van der Waals surface area contributed by atoms with Crippen molar-refractivity contribution in [2.24, 2.45) is 0 Å². The Kier molecular flexibility index (Phi) is 5.50. The van der Waals surface area contributed by atoms with E-state index in [0.717, 1.165) is 19.2 Å². The molecular weight excluding hydrogens is 347 g/mol. The summed E-state index contributed by atoms with van der Waals surface area (Å²) in [5.74, 6) is -1.46. The van der Waals surface area contributed by atoms with Crippen molar-refractivity contribution in [3.8, 4) is 0 Å². The zero-order valence-corrected chi connectivity index (χ0v) is 12.1. The molecule has 0 saturated heterocycles. The highest BCUT2D eigenvalue weighted by Gasteiger charge is 2.39. The maximum atomic E-state index is 13.5. The number of alkyl halides is 3. The highest BCUT2D eigenvalue weighted by Crippen LogP contribution is 2.42. The molecule has 0 aliphatic carbocycles. The summed E-state index contributed by atoms with van der Waals surface area (Å²) in [6.45, 7) is 0. The maximum absolute atomic E-state index is 13.5. The Labute approximate surface area is 116 Å². The van der Waals surface area contributed by atoms with Crippen molar-refractivity contribution < 1.29 is 39.0 Å². The van der Waals surface area contributed by atoms with Gasteiger partial charge in [0.05, 0.1) is 7.11 Å². The van der Waals surface area contributed by atoms with Gasteiger partial charge in [-0.2, -0.15) is 21.6 Å². The van der Waals surface area contributed by atoms with Crippen molar-refractivity contribution >= 4 is 30.1 Å². The van der Waals surface area contributed by atoms with Gasteiger partial charge in [0.15, 0.2) is 0 Å². The van der Waals surface area contributed by atoms with Crippen molar-refractivity contribution in [2.75, 3.05) is 7.11 Å². The van der Waals surface area contributed by atoms with E-state index in [1.807, 2.05) is 0 Å². The average Bonchev–Trinajstić information content (AvgIpc) is 2.25. The normalized spacial score (nSPS) is 13.3. The summed E-state index contributed by atoms with van der Waals surface area (Å²) >= 11 is -0.832. The molecule has 0 spiro atoms. The van der Waals surface area contributed by atoms with Gasteiger partial charge in [0.25, 0.3) is 0 Å². The van der Waals surface area contributed by atoms with Crippen molar-refractivity contribution in [1.29, 1.82) is 0 Å². The van der Waals surface area contributed by atoms with Gasteiger partial charge in [-0.1, -0.05) is 6.07 Å². The van der Waals surface area contributed by atoms with Crippen molar-refractivity contribution in [3.05, 3.63) is 24.0 Å². The van der Waals surface area contributed by atoms with Gasteiger partial charge in [0.1, 0.15) is 10.7 Å². The van der Waals surface area contributed by atoms with Crippen LogP contribution in [0.2, 0.25) is 0 Å². The predicted octanol–water partition coefficient (Wildman–Crippen LogP) is 3.45. The topological polar surface area (TPSA) is 69.7 Å². The van der Waals surface area contributed by atoms with E-state index < -0.39 is 51.3 Å². The quantitative estimate of drug-likeness (QED) is 0.459. The lowest BCUT2D eigenvalue weighted by Crippen LogP contribution is -2.09. The maximum Gasteiger partial charge on any atom is 0.714 e. The summed E-state index contributed by atoms with van der Waals surface area (Å²) in [6.07, 6.45) is 0. The molecule has 112 valence electrons. The fraction of sp³-hybridized carbons (Fsp3) is 0.250. The number of halogens is 4. The van der Waals surface area contributed by atoms with Crippen molar-refractivity contribution in [1.82, 2.24) is 0 Å². The van der Waals surface area contributed by atoms with E-state index >= 15 is 0 Å². The van der Waals surface area contributed by atoms with Crippen LogP contribution < -0.4 is 0 Å². The molecule has 1 atom stereocenters. The zero-order valence-electron chi connectivity index (χ0n) is 9.55. The summed E-state index contributed by atoms with van der Waals surface area (Å²) in [6, 6.07) is 2.28. The van der Waals surface area contributed by atoms with Gasteiger partial charge in [0.2, 0.25) is 0 Å². The summed E-state index contributed by atoms with van der Waals surface area (Å²) in [5.41, 5.74) is -4.83. The molecule has 0 N–H and O–H groups in total. The first kappa shape index (κ1) is 17.3. The van der Waals surface area contributed by atoms with Gasteiger partial charge in [0, 0.05) is 13.4 Å². The third-order valence-electron chi connectivity index (χ3n) is 1.71. The summed E-state index contributed by atoms with van der Waals surface area (Å²) in [7, 11) is -7.30. The van der Waals surface area contributed by atoms with Gasteiger partial charge in [-0.25, -0.2) is 4.39 Å². The molecule has 1 rings (SSSR count). The molecule has 0 amide bonds. The summed E-state index contributed by atoms with van der Waals surface area (Å²) in [5, 5.41) is 0. The van der Waals surface area contributed by atoms with Crippen LogP contribution in [-0.4, -0.2) is 21.0 Å². The molecular formula is C8H6F4O5PS2+. The van der Waals surface area contributed by atoms with Crippen LogP contribution in [0, 0.1) is 5.82 Å². The lowest BCUT2D eigenvalue weighted by molar-refractivity contribution is -0.0329. The third kappa shape index (κ3) is 4.67. The van der Waals surface area contributed by atoms with Gasteiger partial charge in [-0.3, -0.25) is 0 Å². The Morgan fingerprint density at radius 1 is 1.30 bits per heavy atom. The molecule has 0 radical (unpaired) electrons. The van der Waals surface area contributed by atoms with Crippen molar-refractivity contribution in [2.45, 2.75) is 15.3 Å². The zero-order chi connectivity index (χ0) is 15.6. The fourth-order valence-electron chi connectivity index (χ4n) is 1.08. The minimum Gasteiger partial charge on any atom is -0.205 e. The lowest BCUT2D eigenvalue weighted by atomic mass is 10.3. The number of hydrogen-bond acceptors (Lipinski definition) is 6. The Bertz CT molecular complexity index is 616. The molecule has 0 aliphatic heterocycles. The van der Waals surface area contributed by atoms with E-state index in [9.17, 15) is 30.5 Å². The third-order valence-corrected chi connectivity index (χ3v) is 5.12. The minimum atomic E-state index is -5.01. The monoisotopic (exact) mass is 353 g/mol. The molecule has 1 aromatic rings. The minimum absolute atomic E-state index is 0.635. The molecule has 0 bridgehead atoms. The molecule has 12 heteroatoms. The largest absolute Gasteiger partial charge is 0.714 e. The van der Waals surface area contributed by atoms with Crippen LogP contribution in [0.15, 0.2) is 28.0 Å². The Morgan fingerprint density at radius 2 is 1.90 bits per heavy atom. The molecule has 0 aliphatic rings. The molecule has 0 fully saturated rings. The number of benzene rings is 1. The SMILES string of the molecule is CO[P+](=O)OS(=O)(=O)c1c(F)cccc1SC(F)(F)F. The van der Waals surface area contributed by atoms with E-state index in [2.05, 4.69) is 8.49 Å². The second-order valence-electron chi connectivity index (χ2n) is 3.05.